The molecule has 13 heavy (non-hydrogen) atoms. The highest BCUT2D eigenvalue weighted by molar-refractivity contribution is 5.86. The van der Waals surface area contributed by atoms with E-state index in [1.54, 1.807) is 14.0 Å². The van der Waals surface area contributed by atoms with E-state index in [1.165, 1.54) is 0 Å². The standard InChI is InChI=1S/C8H14N2O3/c1-6(2)8(11)13-5-7(9-3)4-10-12/h7,9H,1,4-5H2,2-3H3. The highest BCUT2D eigenvalue weighted by Crippen LogP contribution is 1.94. The van der Waals surface area contributed by atoms with Gasteiger partial charge in [0.2, 0.25) is 0 Å². The maximum Gasteiger partial charge on any atom is 0.333 e. The predicted octanol–water partition coefficient (Wildman–Crippen LogP) is 0.460. The van der Waals surface area contributed by atoms with Gasteiger partial charge < -0.3 is 10.1 Å². The molecule has 5 nitrogen and oxygen atoms in total. The number of carbonyl (C=O) groups excluding carboxylic acids is 1. The van der Waals surface area contributed by atoms with Gasteiger partial charge in [-0.1, -0.05) is 11.8 Å². The molecule has 0 fully saturated rings. The van der Waals surface area contributed by atoms with Crippen LogP contribution in [-0.4, -0.2) is 32.2 Å². The maximum absolute atomic E-state index is 10.9. The molecule has 0 heterocycles. The van der Waals surface area contributed by atoms with Crippen molar-refractivity contribution < 1.29 is 9.53 Å². The molecule has 0 aliphatic heterocycles. The van der Waals surface area contributed by atoms with Gasteiger partial charge in [-0.05, 0) is 14.0 Å². The average Bonchev–Trinajstić information content (AvgIpc) is 2.11. The topological polar surface area (TPSA) is 67.8 Å². The maximum atomic E-state index is 10.9. The van der Waals surface area contributed by atoms with Gasteiger partial charge in [-0.2, -0.15) is 4.91 Å². The monoisotopic (exact) mass is 186 g/mol. The first-order valence-electron chi connectivity index (χ1n) is 3.90. The normalized spacial score (nSPS) is 11.8. The van der Waals surface area contributed by atoms with Crippen LogP contribution in [-0.2, 0) is 9.53 Å². The van der Waals surface area contributed by atoms with E-state index in [0.29, 0.717) is 5.57 Å². The fourth-order valence-electron chi connectivity index (χ4n) is 0.617. The van der Waals surface area contributed by atoms with Crippen LogP contribution in [0.2, 0.25) is 0 Å². The van der Waals surface area contributed by atoms with Gasteiger partial charge in [0.25, 0.3) is 0 Å². The Kier molecular flexibility index (Phi) is 5.71. The lowest BCUT2D eigenvalue weighted by molar-refractivity contribution is -0.139. The molecule has 0 aromatic carbocycles. The molecule has 0 saturated carbocycles. The number of nitrogens with one attached hydrogen (secondary N) is 1. The van der Waals surface area contributed by atoms with Crippen LogP contribution in [0.5, 0.6) is 0 Å². The van der Waals surface area contributed by atoms with Gasteiger partial charge in [0.15, 0.2) is 0 Å². The Balaban J connectivity index is 3.77. The van der Waals surface area contributed by atoms with Crippen molar-refractivity contribution in [1.29, 1.82) is 0 Å². The number of nitrogens with zero attached hydrogens (tertiary/aromatic N) is 1. The third-order valence-electron chi connectivity index (χ3n) is 1.47. The zero-order valence-corrected chi connectivity index (χ0v) is 7.87. The molecule has 5 heteroatoms. The van der Waals surface area contributed by atoms with Gasteiger partial charge in [-0.25, -0.2) is 4.79 Å². The molecule has 0 amide bonds. The van der Waals surface area contributed by atoms with Gasteiger partial charge in [0.1, 0.15) is 6.61 Å². The first-order chi connectivity index (χ1) is 6.11. The van der Waals surface area contributed by atoms with E-state index in [0.717, 1.165) is 0 Å². The minimum Gasteiger partial charge on any atom is -0.461 e. The summed E-state index contributed by atoms with van der Waals surface area (Å²) in [5.41, 5.74) is 0.342. The smallest absolute Gasteiger partial charge is 0.333 e. The fraction of sp³-hybridized carbons (Fsp3) is 0.625. The summed E-state index contributed by atoms with van der Waals surface area (Å²) in [5, 5.41) is 5.50. The molecule has 0 aromatic rings. The van der Waals surface area contributed by atoms with Crippen LogP contribution in [0, 0.1) is 4.91 Å². The average molecular weight is 186 g/mol. The Morgan fingerprint density at radius 2 is 2.31 bits per heavy atom. The highest BCUT2D eigenvalue weighted by atomic mass is 16.5. The minimum atomic E-state index is -0.453. The lowest BCUT2D eigenvalue weighted by Gasteiger charge is -2.12. The number of hydrogen-bond donors (Lipinski definition) is 1. The SMILES string of the molecule is C=C(C)C(=O)OCC(CN=O)NC. The van der Waals surface area contributed by atoms with Gasteiger partial charge in [0, 0.05) is 5.57 Å². The van der Waals surface area contributed by atoms with E-state index in [-0.39, 0.29) is 19.2 Å². The van der Waals surface area contributed by atoms with Crippen molar-refractivity contribution in [2.24, 2.45) is 5.18 Å². The molecule has 1 unspecified atom stereocenters. The second kappa shape index (κ2) is 6.30. The zero-order chi connectivity index (χ0) is 10.3. The number of carbonyl (C=O) groups is 1. The lowest BCUT2D eigenvalue weighted by Crippen LogP contribution is -2.34. The molecular weight excluding hydrogens is 172 g/mol. The largest absolute Gasteiger partial charge is 0.461 e. The summed E-state index contributed by atoms with van der Waals surface area (Å²) >= 11 is 0. The van der Waals surface area contributed by atoms with Gasteiger partial charge >= 0.3 is 5.97 Å². The van der Waals surface area contributed by atoms with Crippen LogP contribution in [0.15, 0.2) is 17.3 Å². The Hall–Kier alpha value is -1.23. The molecular formula is C8H14N2O3. The zero-order valence-electron chi connectivity index (χ0n) is 7.87. The second-order valence-corrected chi connectivity index (χ2v) is 2.68. The summed E-state index contributed by atoms with van der Waals surface area (Å²) in [6.45, 7) is 5.21. The number of nitroso groups, excluding NO2 is 1. The molecule has 0 rings (SSSR count). The summed E-state index contributed by atoms with van der Waals surface area (Å²) in [6.07, 6.45) is 0. The van der Waals surface area contributed by atoms with E-state index in [1.807, 2.05) is 0 Å². The number of rotatable bonds is 6. The number of esters is 1. The first kappa shape index (κ1) is 11.8. The third kappa shape index (κ3) is 5.08. The molecule has 0 saturated heterocycles. The molecule has 0 bridgehead atoms. The number of hydrogen-bond acceptors (Lipinski definition) is 5. The van der Waals surface area contributed by atoms with Crippen molar-refractivity contribution in [2.45, 2.75) is 13.0 Å². The fourth-order valence-corrected chi connectivity index (χ4v) is 0.617. The predicted molar refractivity (Wildman–Crippen MR) is 49.3 cm³/mol. The van der Waals surface area contributed by atoms with Crippen molar-refractivity contribution in [3.8, 4) is 0 Å². The molecule has 0 radical (unpaired) electrons. The Morgan fingerprint density at radius 3 is 2.69 bits per heavy atom. The summed E-state index contributed by atoms with van der Waals surface area (Å²) < 4.78 is 4.81. The van der Waals surface area contributed by atoms with Gasteiger partial charge in [-0.3, -0.25) is 0 Å². The highest BCUT2D eigenvalue weighted by Gasteiger charge is 2.09. The molecule has 0 aliphatic carbocycles. The van der Waals surface area contributed by atoms with Crippen molar-refractivity contribution in [3.05, 3.63) is 17.1 Å². The van der Waals surface area contributed by atoms with Gasteiger partial charge in [-0.15, -0.1) is 0 Å². The van der Waals surface area contributed by atoms with Crippen molar-refractivity contribution in [2.75, 3.05) is 20.2 Å². The summed E-state index contributed by atoms with van der Waals surface area (Å²) in [4.78, 5) is 20.8. The minimum absolute atomic E-state index is 0.0833. The number of ether oxygens (including phenoxy) is 1. The van der Waals surface area contributed by atoms with E-state index < -0.39 is 5.97 Å². The van der Waals surface area contributed by atoms with Gasteiger partial charge in [0.05, 0.1) is 12.6 Å². The third-order valence-corrected chi connectivity index (χ3v) is 1.47. The first-order valence-corrected chi connectivity index (χ1v) is 3.90. The van der Waals surface area contributed by atoms with Crippen LogP contribution in [0.25, 0.3) is 0 Å². The van der Waals surface area contributed by atoms with E-state index in [2.05, 4.69) is 17.1 Å². The summed E-state index contributed by atoms with van der Waals surface area (Å²) in [6, 6.07) is -0.221. The summed E-state index contributed by atoms with van der Waals surface area (Å²) in [5.74, 6) is -0.453. The van der Waals surface area contributed by atoms with Crippen molar-refractivity contribution in [3.63, 3.8) is 0 Å². The van der Waals surface area contributed by atoms with Crippen LogP contribution in [0.3, 0.4) is 0 Å². The quantitative estimate of drug-likeness (QED) is 0.372. The van der Waals surface area contributed by atoms with Crippen LogP contribution in [0.1, 0.15) is 6.92 Å². The summed E-state index contributed by atoms with van der Waals surface area (Å²) in [7, 11) is 1.67. The van der Waals surface area contributed by atoms with Crippen LogP contribution >= 0.6 is 0 Å². The van der Waals surface area contributed by atoms with Crippen molar-refractivity contribution >= 4 is 5.97 Å². The molecule has 1 N–H and O–H groups in total. The molecule has 1 atom stereocenters. The van der Waals surface area contributed by atoms with E-state index >= 15 is 0 Å². The van der Waals surface area contributed by atoms with E-state index in [9.17, 15) is 9.70 Å². The molecule has 0 aromatic heterocycles. The Labute approximate surface area is 77.1 Å². The number of likely N-dealkylation sites (N-methyl/N-ethyl adjacent to an activating group) is 1. The lowest BCUT2D eigenvalue weighted by atomic mass is 10.3. The van der Waals surface area contributed by atoms with E-state index in [4.69, 9.17) is 4.74 Å². The van der Waals surface area contributed by atoms with Crippen molar-refractivity contribution in [1.82, 2.24) is 5.32 Å². The Morgan fingerprint density at radius 1 is 1.69 bits per heavy atom. The molecule has 74 valence electrons. The second-order valence-electron chi connectivity index (χ2n) is 2.68. The molecule has 0 aliphatic rings. The molecule has 0 spiro atoms. The van der Waals surface area contributed by atoms with Crippen LogP contribution in [0.4, 0.5) is 0 Å². The van der Waals surface area contributed by atoms with Crippen LogP contribution < -0.4 is 5.32 Å². The Bertz CT molecular complexity index is 204.